The molecule has 0 bridgehead atoms. The van der Waals surface area contributed by atoms with Crippen molar-refractivity contribution in [1.29, 1.82) is 0 Å². The lowest BCUT2D eigenvalue weighted by Gasteiger charge is -2.33. The molecule has 25 heavy (non-hydrogen) atoms. The second-order valence-corrected chi connectivity index (χ2v) is 6.25. The van der Waals surface area contributed by atoms with Gasteiger partial charge in [0, 0.05) is 23.5 Å². The molecule has 6 heteroatoms. The van der Waals surface area contributed by atoms with Crippen molar-refractivity contribution < 1.29 is 9.59 Å². The van der Waals surface area contributed by atoms with Crippen LogP contribution in [0.25, 0.3) is 0 Å². The maximum atomic E-state index is 12.9. The van der Waals surface area contributed by atoms with E-state index in [-0.39, 0.29) is 11.9 Å². The molecule has 5 nitrogen and oxygen atoms in total. The molecular weight excluding hydrogens is 338 g/mol. The molecule has 0 aromatic heterocycles. The van der Waals surface area contributed by atoms with E-state index in [0.717, 1.165) is 5.56 Å². The number of rotatable bonds is 3. The van der Waals surface area contributed by atoms with Gasteiger partial charge in [0.15, 0.2) is 0 Å². The largest absolute Gasteiger partial charge is 0.327 e. The summed E-state index contributed by atoms with van der Waals surface area (Å²) in [6, 6.07) is 15.6. The first kappa shape index (κ1) is 17.0. The van der Waals surface area contributed by atoms with Crippen molar-refractivity contribution in [1.82, 2.24) is 10.2 Å². The van der Waals surface area contributed by atoms with E-state index in [1.165, 1.54) is 4.90 Å². The maximum absolute atomic E-state index is 12.9. The number of carbonyl (C=O) groups is 2. The Bertz CT molecular complexity index is 832. The van der Waals surface area contributed by atoms with Crippen LogP contribution in [0.4, 0.5) is 10.5 Å². The Morgan fingerprint density at radius 3 is 2.40 bits per heavy atom. The van der Waals surface area contributed by atoms with Crippen LogP contribution < -0.4 is 10.6 Å². The van der Waals surface area contributed by atoms with Crippen LogP contribution >= 0.6 is 11.6 Å². The Labute approximate surface area is 151 Å². The van der Waals surface area contributed by atoms with Gasteiger partial charge in [-0.05, 0) is 36.8 Å². The predicted octanol–water partition coefficient (Wildman–Crippen LogP) is 3.95. The van der Waals surface area contributed by atoms with Crippen molar-refractivity contribution in [2.45, 2.75) is 13.0 Å². The second kappa shape index (κ2) is 6.99. The van der Waals surface area contributed by atoms with Crippen LogP contribution in [0.5, 0.6) is 0 Å². The number of halogens is 1. The minimum atomic E-state index is -0.503. The van der Waals surface area contributed by atoms with Crippen LogP contribution in [0.15, 0.2) is 65.9 Å². The standard InChI is InChI=1S/C19H18ClN3O2/c1-12-16(18(24)21-15-10-8-14(20)9-11-15)17(22-19(25)23(12)2)13-6-4-3-5-7-13/h3-11,17H,1-2H3,(H,21,24)(H,22,25). The van der Waals surface area contributed by atoms with Gasteiger partial charge in [-0.1, -0.05) is 41.9 Å². The Hall–Kier alpha value is -2.79. The van der Waals surface area contributed by atoms with E-state index in [4.69, 9.17) is 11.6 Å². The van der Waals surface area contributed by atoms with Gasteiger partial charge in [0.25, 0.3) is 5.91 Å². The van der Waals surface area contributed by atoms with Crippen molar-refractivity contribution in [3.63, 3.8) is 0 Å². The molecule has 0 aliphatic carbocycles. The zero-order chi connectivity index (χ0) is 18.0. The Morgan fingerprint density at radius 1 is 1.12 bits per heavy atom. The van der Waals surface area contributed by atoms with Gasteiger partial charge in [0.1, 0.15) is 0 Å². The van der Waals surface area contributed by atoms with Crippen molar-refractivity contribution in [3.8, 4) is 0 Å². The summed E-state index contributed by atoms with van der Waals surface area (Å²) in [6.45, 7) is 1.77. The molecule has 128 valence electrons. The van der Waals surface area contributed by atoms with Gasteiger partial charge < -0.3 is 15.5 Å². The average molecular weight is 356 g/mol. The first-order valence-corrected chi connectivity index (χ1v) is 8.22. The van der Waals surface area contributed by atoms with E-state index in [0.29, 0.717) is 22.0 Å². The number of nitrogens with one attached hydrogen (secondary N) is 2. The SMILES string of the molecule is CC1=C(C(=O)Nc2ccc(Cl)cc2)C(c2ccccc2)NC(=O)N1C. The fourth-order valence-corrected chi connectivity index (χ4v) is 2.88. The van der Waals surface area contributed by atoms with E-state index in [9.17, 15) is 9.59 Å². The molecule has 0 fully saturated rings. The summed E-state index contributed by atoms with van der Waals surface area (Å²) in [5.41, 5.74) is 2.61. The number of allylic oxidation sites excluding steroid dienone is 1. The van der Waals surface area contributed by atoms with Crippen molar-refractivity contribution in [3.05, 3.63) is 76.5 Å². The first-order valence-electron chi connectivity index (χ1n) is 7.84. The van der Waals surface area contributed by atoms with Crippen LogP contribution in [0.2, 0.25) is 5.02 Å². The quantitative estimate of drug-likeness (QED) is 0.875. The molecular formula is C19H18ClN3O2. The van der Waals surface area contributed by atoms with E-state index in [1.54, 1.807) is 38.2 Å². The van der Waals surface area contributed by atoms with Gasteiger partial charge in [-0.15, -0.1) is 0 Å². The summed E-state index contributed by atoms with van der Waals surface area (Å²) in [5, 5.41) is 6.35. The van der Waals surface area contributed by atoms with Gasteiger partial charge in [-0.3, -0.25) is 4.79 Å². The zero-order valence-corrected chi connectivity index (χ0v) is 14.7. The van der Waals surface area contributed by atoms with Crippen LogP contribution in [0, 0.1) is 0 Å². The van der Waals surface area contributed by atoms with Crippen LogP contribution in [-0.2, 0) is 4.79 Å². The lowest BCUT2D eigenvalue weighted by Crippen LogP contribution is -2.46. The lowest BCUT2D eigenvalue weighted by molar-refractivity contribution is -0.113. The van der Waals surface area contributed by atoms with Gasteiger partial charge >= 0.3 is 6.03 Å². The molecule has 0 radical (unpaired) electrons. The third-order valence-corrected chi connectivity index (χ3v) is 4.49. The normalized spacial score (nSPS) is 17.3. The fourth-order valence-electron chi connectivity index (χ4n) is 2.76. The minimum Gasteiger partial charge on any atom is -0.327 e. The number of amides is 3. The van der Waals surface area contributed by atoms with Crippen LogP contribution in [0.3, 0.4) is 0 Å². The number of hydrogen-bond donors (Lipinski definition) is 2. The van der Waals surface area contributed by atoms with Gasteiger partial charge in [-0.25, -0.2) is 4.79 Å². The highest BCUT2D eigenvalue weighted by molar-refractivity contribution is 6.30. The molecule has 1 atom stereocenters. The Morgan fingerprint density at radius 2 is 1.76 bits per heavy atom. The van der Waals surface area contributed by atoms with E-state index in [1.807, 2.05) is 30.3 Å². The molecule has 1 heterocycles. The smallest absolute Gasteiger partial charge is 0.322 e. The topological polar surface area (TPSA) is 61.4 Å². The number of anilines is 1. The highest BCUT2D eigenvalue weighted by Gasteiger charge is 2.33. The monoisotopic (exact) mass is 355 g/mol. The van der Waals surface area contributed by atoms with E-state index in [2.05, 4.69) is 10.6 Å². The summed E-state index contributed by atoms with van der Waals surface area (Å²) in [4.78, 5) is 26.5. The first-order chi connectivity index (χ1) is 12.0. The summed E-state index contributed by atoms with van der Waals surface area (Å²) in [7, 11) is 1.64. The molecule has 2 aromatic carbocycles. The molecule has 0 saturated heterocycles. The molecule has 2 N–H and O–H groups in total. The predicted molar refractivity (Wildman–Crippen MR) is 98.3 cm³/mol. The van der Waals surface area contributed by atoms with Crippen molar-refractivity contribution >= 4 is 29.2 Å². The minimum absolute atomic E-state index is 0.241. The zero-order valence-electron chi connectivity index (χ0n) is 13.9. The third kappa shape index (κ3) is 3.51. The van der Waals surface area contributed by atoms with Crippen molar-refractivity contribution in [2.24, 2.45) is 0 Å². The highest BCUT2D eigenvalue weighted by atomic mass is 35.5. The number of benzene rings is 2. The molecule has 0 saturated carbocycles. The lowest BCUT2D eigenvalue weighted by atomic mass is 9.94. The summed E-state index contributed by atoms with van der Waals surface area (Å²) in [5.74, 6) is -0.263. The highest BCUT2D eigenvalue weighted by Crippen LogP contribution is 2.30. The molecule has 1 unspecified atom stereocenters. The van der Waals surface area contributed by atoms with E-state index < -0.39 is 6.04 Å². The molecule has 3 amide bonds. The Balaban J connectivity index is 1.97. The number of carbonyl (C=O) groups excluding carboxylic acids is 2. The fraction of sp³-hybridized carbons (Fsp3) is 0.158. The molecule has 3 rings (SSSR count). The van der Waals surface area contributed by atoms with Crippen LogP contribution in [-0.4, -0.2) is 23.9 Å². The number of nitrogens with zero attached hydrogens (tertiary/aromatic N) is 1. The number of hydrogen-bond acceptors (Lipinski definition) is 2. The molecule has 1 aliphatic heterocycles. The number of urea groups is 1. The maximum Gasteiger partial charge on any atom is 0.322 e. The van der Waals surface area contributed by atoms with E-state index >= 15 is 0 Å². The molecule has 2 aromatic rings. The summed E-state index contributed by atoms with van der Waals surface area (Å²) >= 11 is 5.88. The van der Waals surface area contributed by atoms with Gasteiger partial charge in [-0.2, -0.15) is 0 Å². The van der Waals surface area contributed by atoms with Crippen molar-refractivity contribution in [2.75, 3.05) is 12.4 Å². The summed E-state index contributed by atoms with van der Waals surface area (Å²) < 4.78 is 0. The molecule has 1 aliphatic rings. The van der Waals surface area contributed by atoms with Gasteiger partial charge in [0.05, 0.1) is 11.6 Å². The Kier molecular flexibility index (Phi) is 4.76. The molecule has 0 spiro atoms. The average Bonchev–Trinajstić information content (AvgIpc) is 2.62. The van der Waals surface area contributed by atoms with Crippen LogP contribution in [0.1, 0.15) is 18.5 Å². The third-order valence-electron chi connectivity index (χ3n) is 4.23. The van der Waals surface area contributed by atoms with Gasteiger partial charge in [0.2, 0.25) is 0 Å². The summed E-state index contributed by atoms with van der Waals surface area (Å²) in [6.07, 6.45) is 0. The second-order valence-electron chi connectivity index (χ2n) is 5.81.